The third kappa shape index (κ3) is 2.91. The number of aryl methyl sites for hydroxylation is 1. The van der Waals surface area contributed by atoms with Crippen LogP contribution < -0.4 is 10.2 Å². The molecule has 26 heavy (non-hydrogen) atoms. The third-order valence-corrected chi connectivity index (χ3v) is 4.96. The average Bonchev–Trinajstić information content (AvgIpc) is 3.17. The number of imide groups is 1. The molecule has 2 N–H and O–H groups in total. The van der Waals surface area contributed by atoms with Crippen molar-refractivity contribution in [2.45, 2.75) is 25.8 Å². The van der Waals surface area contributed by atoms with Crippen molar-refractivity contribution in [2.24, 2.45) is 0 Å². The Hall–Kier alpha value is -2.92. The number of para-hydroxylation sites is 2. The first kappa shape index (κ1) is 16.5. The molecule has 1 unspecified atom stereocenters. The summed E-state index contributed by atoms with van der Waals surface area (Å²) >= 11 is 0. The molecule has 0 bridgehead atoms. The molecule has 5 heteroatoms. The molecule has 5 nitrogen and oxygen atoms in total. The zero-order chi connectivity index (χ0) is 18.1. The van der Waals surface area contributed by atoms with Gasteiger partial charge in [-0.15, -0.1) is 0 Å². The van der Waals surface area contributed by atoms with Crippen LogP contribution in [-0.4, -0.2) is 29.4 Å². The van der Waals surface area contributed by atoms with E-state index in [1.165, 1.54) is 15.8 Å². The molecular formula is C21H21N3O2. The van der Waals surface area contributed by atoms with Gasteiger partial charge in [0.2, 0.25) is 5.91 Å². The number of aromatic amines is 1. The fraction of sp³-hybridized carbons (Fsp3) is 0.238. The number of benzene rings is 2. The molecule has 4 rings (SSSR count). The molecule has 0 spiro atoms. The molecule has 0 aliphatic carbocycles. The first-order valence-corrected chi connectivity index (χ1v) is 8.86. The summed E-state index contributed by atoms with van der Waals surface area (Å²) in [6.45, 7) is 2.56. The predicted molar refractivity (Wildman–Crippen MR) is 102 cm³/mol. The van der Waals surface area contributed by atoms with Gasteiger partial charge in [0.25, 0.3) is 5.91 Å². The smallest absolute Gasteiger partial charge is 0.251 e. The van der Waals surface area contributed by atoms with Crippen molar-refractivity contribution in [3.63, 3.8) is 0 Å². The first-order valence-electron chi connectivity index (χ1n) is 8.86. The first-order chi connectivity index (χ1) is 12.6. The van der Waals surface area contributed by atoms with Gasteiger partial charge in [-0.1, -0.05) is 36.4 Å². The Labute approximate surface area is 152 Å². The van der Waals surface area contributed by atoms with E-state index >= 15 is 0 Å². The van der Waals surface area contributed by atoms with Crippen molar-refractivity contribution >= 4 is 28.4 Å². The number of hydrogen-bond acceptors (Lipinski definition) is 3. The summed E-state index contributed by atoms with van der Waals surface area (Å²) in [6, 6.07) is 15.2. The van der Waals surface area contributed by atoms with Crippen LogP contribution in [-0.2, 0) is 16.0 Å². The number of anilines is 1. The van der Waals surface area contributed by atoms with Gasteiger partial charge in [0.15, 0.2) is 0 Å². The van der Waals surface area contributed by atoms with Crippen LogP contribution in [0.15, 0.2) is 54.7 Å². The van der Waals surface area contributed by atoms with Gasteiger partial charge in [0, 0.05) is 23.6 Å². The van der Waals surface area contributed by atoms with Crippen LogP contribution in [0, 0.1) is 6.92 Å². The molecule has 2 aromatic carbocycles. The van der Waals surface area contributed by atoms with Crippen molar-refractivity contribution < 1.29 is 9.59 Å². The average molecular weight is 347 g/mol. The lowest BCUT2D eigenvalue weighted by Gasteiger charge is -2.17. The molecule has 1 aliphatic rings. The van der Waals surface area contributed by atoms with E-state index in [1.807, 2.05) is 55.6 Å². The minimum atomic E-state index is -0.452. The Balaban J connectivity index is 1.42. The third-order valence-electron chi connectivity index (χ3n) is 4.96. The minimum absolute atomic E-state index is 0.145. The fourth-order valence-electron chi connectivity index (χ4n) is 3.58. The van der Waals surface area contributed by atoms with Gasteiger partial charge in [-0.3, -0.25) is 9.59 Å². The summed E-state index contributed by atoms with van der Waals surface area (Å²) in [5, 5.41) is 4.46. The number of aromatic nitrogens is 1. The van der Waals surface area contributed by atoms with Gasteiger partial charge in [-0.25, -0.2) is 4.90 Å². The van der Waals surface area contributed by atoms with Gasteiger partial charge < -0.3 is 10.3 Å². The second kappa shape index (κ2) is 6.77. The van der Waals surface area contributed by atoms with Gasteiger partial charge in [-0.05, 0) is 36.6 Å². The Kier molecular flexibility index (Phi) is 4.31. The molecule has 2 amide bonds. The molecule has 2 heterocycles. The van der Waals surface area contributed by atoms with Crippen molar-refractivity contribution in [1.82, 2.24) is 10.3 Å². The number of carbonyl (C=O) groups is 2. The van der Waals surface area contributed by atoms with Crippen LogP contribution >= 0.6 is 0 Å². The second-order valence-electron chi connectivity index (χ2n) is 6.67. The van der Waals surface area contributed by atoms with Crippen LogP contribution in [0.25, 0.3) is 10.9 Å². The van der Waals surface area contributed by atoms with E-state index in [1.54, 1.807) is 0 Å². The molecule has 132 valence electrons. The monoisotopic (exact) mass is 347 g/mol. The van der Waals surface area contributed by atoms with Gasteiger partial charge in [0.1, 0.15) is 0 Å². The normalized spacial score (nSPS) is 17.4. The maximum atomic E-state index is 12.7. The summed E-state index contributed by atoms with van der Waals surface area (Å²) in [5.41, 5.74) is 3.93. The Bertz CT molecular complexity index is 976. The number of nitrogens with zero attached hydrogens (tertiary/aromatic N) is 1. The van der Waals surface area contributed by atoms with E-state index in [2.05, 4.69) is 16.4 Å². The van der Waals surface area contributed by atoms with Crippen molar-refractivity contribution in [1.29, 1.82) is 0 Å². The lowest BCUT2D eigenvalue weighted by Crippen LogP contribution is -2.39. The molecule has 3 aromatic rings. The number of fused-ring (bicyclic) bond motifs is 1. The fourth-order valence-corrected chi connectivity index (χ4v) is 3.58. The number of H-pyrrole nitrogens is 1. The molecule has 1 aromatic heterocycles. The van der Waals surface area contributed by atoms with Gasteiger partial charge in [-0.2, -0.15) is 0 Å². The maximum Gasteiger partial charge on any atom is 0.251 e. The van der Waals surface area contributed by atoms with Crippen LogP contribution in [0.1, 0.15) is 17.5 Å². The van der Waals surface area contributed by atoms with Crippen LogP contribution in [0.4, 0.5) is 5.69 Å². The summed E-state index contributed by atoms with van der Waals surface area (Å²) < 4.78 is 0. The van der Waals surface area contributed by atoms with Crippen LogP contribution in [0.3, 0.4) is 0 Å². The highest BCUT2D eigenvalue weighted by Gasteiger charge is 2.39. The zero-order valence-corrected chi connectivity index (χ0v) is 14.7. The zero-order valence-electron chi connectivity index (χ0n) is 14.7. The summed E-state index contributed by atoms with van der Waals surface area (Å²) in [4.78, 5) is 29.7. The van der Waals surface area contributed by atoms with Crippen molar-refractivity contribution in [2.75, 3.05) is 11.4 Å². The SMILES string of the molecule is Cc1ccccc1N1C(=O)CC(NCCc2c[nH]c3ccccc23)C1=O. The molecular weight excluding hydrogens is 326 g/mol. The summed E-state index contributed by atoms with van der Waals surface area (Å²) in [6.07, 6.45) is 3.01. The Morgan fingerprint density at radius 1 is 1.12 bits per heavy atom. The lowest BCUT2D eigenvalue weighted by atomic mass is 10.1. The highest BCUT2D eigenvalue weighted by molar-refractivity contribution is 6.22. The van der Waals surface area contributed by atoms with E-state index in [0.29, 0.717) is 12.2 Å². The quantitative estimate of drug-likeness (QED) is 0.698. The number of nitrogens with one attached hydrogen (secondary N) is 2. The number of rotatable bonds is 5. The van der Waals surface area contributed by atoms with Crippen molar-refractivity contribution in [3.8, 4) is 0 Å². The molecule has 1 atom stereocenters. The van der Waals surface area contributed by atoms with Gasteiger partial charge >= 0.3 is 0 Å². The highest BCUT2D eigenvalue weighted by Crippen LogP contribution is 2.26. The van der Waals surface area contributed by atoms with E-state index in [0.717, 1.165) is 17.5 Å². The molecule has 1 fully saturated rings. The minimum Gasteiger partial charge on any atom is -0.361 e. The number of amides is 2. The summed E-state index contributed by atoms with van der Waals surface area (Å²) in [5.74, 6) is -0.308. The predicted octanol–water partition coefficient (Wildman–Crippen LogP) is 2.94. The summed E-state index contributed by atoms with van der Waals surface area (Å²) in [7, 11) is 0. The number of carbonyl (C=O) groups excluding carboxylic acids is 2. The molecule has 1 aliphatic heterocycles. The Morgan fingerprint density at radius 3 is 2.73 bits per heavy atom. The number of hydrogen-bond donors (Lipinski definition) is 2. The van der Waals surface area contributed by atoms with Crippen molar-refractivity contribution in [3.05, 3.63) is 65.9 Å². The lowest BCUT2D eigenvalue weighted by molar-refractivity contribution is -0.121. The Morgan fingerprint density at radius 2 is 1.88 bits per heavy atom. The van der Waals surface area contributed by atoms with Crippen LogP contribution in [0.2, 0.25) is 0 Å². The van der Waals surface area contributed by atoms with E-state index in [-0.39, 0.29) is 18.2 Å². The molecule has 0 radical (unpaired) electrons. The van der Waals surface area contributed by atoms with Crippen LogP contribution in [0.5, 0.6) is 0 Å². The highest BCUT2D eigenvalue weighted by atomic mass is 16.2. The van der Waals surface area contributed by atoms with E-state index < -0.39 is 6.04 Å². The maximum absolute atomic E-state index is 12.7. The molecule has 1 saturated heterocycles. The standard InChI is InChI=1S/C21H21N3O2/c1-14-6-2-5-9-19(14)24-20(25)12-18(21(24)26)22-11-10-15-13-23-17-8-4-3-7-16(15)17/h2-9,13,18,22-23H,10-12H2,1H3. The largest absolute Gasteiger partial charge is 0.361 e. The topological polar surface area (TPSA) is 65.2 Å². The van der Waals surface area contributed by atoms with Gasteiger partial charge in [0.05, 0.1) is 18.2 Å². The van der Waals surface area contributed by atoms with E-state index in [4.69, 9.17) is 0 Å². The van der Waals surface area contributed by atoms with E-state index in [9.17, 15) is 9.59 Å². The molecule has 0 saturated carbocycles. The second-order valence-corrected chi connectivity index (χ2v) is 6.67.